The Labute approximate surface area is 158 Å². The van der Waals surface area contributed by atoms with Crippen molar-refractivity contribution in [2.45, 2.75) is 20.4 Å². The number of aromatic nitrogens is 2. The van der Waals surface area contributed by atoms with E-state index >= 15 is 0 Å². The van der Waals surface area contributed by atoms with Crippen molar-refractivity contribution in [1.82, 2.24) is 14.9 Å². The summed E-state index contributed by atoms with van der Waals surface area (Å²) >= 11 is 0. The second-order valence-corrected chi connectivity index (χ2v) is 6.91. The summed E-state index contributed by atoms with van der Waals surface area (Å²) in [6.07, 6.45) is 3.12. The van der Waals surface area contributed by atoms with Gasteiger partial charge in [0, 0.05) is 18.3 Å². The first kappa shape index (κ1) is 18.6. The summed E-state index contributed by atoms with van der Waals surface area (Å²) in [4.78, 5) is 29.3. The molecule has 5 heteroatoms. The molecular weight excluding hydrogens is 338 g/mol. The third kappa shape index (κ3) is 4.70. The largest absolute Gasteiger partial charge is 0.352 e. The van der Waals surface area contributed by atoms with Crippen molar-refractivity contribution in [1.29, 1.82) is 0 Å². The fourth-order valence-electron chi connectivity index (χ4n) is 2.79. The molecule has 0 aliphatic heterocycles. The molecule has 1 amide bonds. The molecule has 1 N–H and O–H groups in total. The van der Waals surface area contributed by atoms with Crippen molar-refractivity contribution in [3.8, 4) is 11.1 Å². The molecular formula is C22H23N3O2. The van der Waals surface area contributed by atoms with Gasteiger partial charge in [0.2, 0.25) is 0 Å². The van der Waals surface area contributed by atoms with Crippen LogP contribution in [-0.4, -0.2) is 22.0 Å². The predicted octanol–water partition coefficient (Wildman–Crippen LogP) is 3.34. The second kappa shape index (κ2) is 8.45. The number of benzene rings is 2. The number of nitrogens with zero attached hydrogens (tertiary/aromatic N) is 2. The maximum Gasteiger partial charge on any atom is 0.261 e. The van der Waals surface area contributed by atoms with Gasteiger partial charge in [-0.15, -0.1) is 0 Å². The van der Waals surface area contributed by atoms with Gasteiger partial charge in [-0.2, -0.15) is 0 Å². The van der Waals surface area contributed by atoms with Crippen molar-refractivity contribution in [3.63, 3.8) is 0 Å². The van der Waals surface area contributed by atoms with Gasteiger partial charge in [-0.3, -0.25) is 14.2 Å². The minimum absolute atomic E-state index is 0.103. The van der Waals surface area contributed by atoms with Crippen LogP contribution in [0, 0.1) is 5.92 Å². The van der Waals surface area contributed by atoms with Gasteiger partial charge >= 0.3 is 0 Å². The second-order valence-electron chi connectivity index (χ2n) is 6.91. The molecule has 0 unspecified atom stereocenters. The lowest BCUT2D eigenvalue weighted by Gasteiger charge is -2.10. The van der Waals surface area contributed by atoms with Gasteiger partial charge in [0.25, 0.3) is 11.5 Å². The first-order valence-corrected chi connectivity index (χ1v) is 9.01. The first-order chi connectivity index (χ1) is 13.0. The van der Waals surface area contributed by atoms with E-state index in [1.165, 1.54) is 6.33 Å². The highest BCUT2D eigenvalue weighted by Gasteiger charge is 2.09. The van der Waals surface area contributed by atoms with Crippen LogP contribution >= 0.6 is 0 Å². The van der Waals surface area contributed by atoms with Gasteiger partial charge in [-0.25, -0.2) is 4.98 Å². The summed E-state index contributed by atoms with van der Waals surface area (Å²) < 4.78 is 1.56. The number of rotatable bonds is 6. The first-order valence-electron chi connectivity index (χ1n) is 9.01. The van der Waals surface area contributed by atoms with E-state index < -0.39 is 0 Å². The van der Waals surface area contributed by atoms with Crippen LogP contribution in [0.4, 0.5) is 0 Å². The SMILES string of the molecule is CC(C)CNC(=O)c1cccc(Cn2cncc(-c3ccccc3)c2=O)c1. The Morgan fingerprint density at radius 3 is 2.63 bits per heavy atom. The molecule has 138 valence electrons. The van der Waals surface area contributed by atoms with Gasteiger partial charge in [0.15, 0.2) is 0 Å². The predicted molar refractivity (Wildman–Crippen MR) is 107 cm³/mol. The molecule has 0 spiro atoms. The molecule has 0 atom stereocenters. The van der Waals surface area contributed by atoms with E-state index in [-0.39, 0.29) is 11.5 Å². The van der Waals surface area contributed by atoms with E-state index in [1.54, 1.807) is 16.8 Å². The molecule has 1 heterocycles. The van der Waals surface area contributed by atoms with Gasteiger partial charge in [-0.05, 0) is 29.2 Å². The minimum Gasteiger partial charge on any atom is -0.352 e. The fourth-order valence-corrected chi connectivity index (χ4v) is 2.79. The average molecular weight is 361 g/mol. The van der Waals surface area contributed by atoms with Crippen molar-refractivity contribution in [3.05, 3.63) is 88.6 Å². The number of carbonyl (C=O) groups excluding carboxylic acids is 1. The highest BCUT2D eigenvalue weighted by Crippen LogP contribution is 2.13. The molecule has 5 nitrogen and oxygen atoms in total. The lowest BCUT2D eigenvalue weighted by atomic mass is 10.1. The third-order valence-corrected chi connectivity index (χ3v) is 4.20. The standard InChI is InChI=1S/C22H23N3O2/c1-16(2)12-24-21(26)19-10-6-7-17(11-19)14-25-15-23-13-20(22(25)27)18-8-4-3-5-9-18/h3-11,13,15-16H,12,14H2,1-2H3,(H,24,26). The summed E-state index contributed by atoms with van der Waals surface area (Å²) in [7, 11) is 0. The molecule has 0 saturated heterocycles. The van der Waals surface area contributed by atoms with Gasteiger partial charge in [0.05, 0.1) is 18.4 Å². The van der Waals surface area contributed by atoms with Gasteiger partial charge in [0.1, 0.15) is 0 Å². The van der Waals surface area contributed by atoms with Crippen LogP contribution in [0.1, 0.15) is 29.8 Å². The molecule has 2 aromatic carbocycles. The summed E-state index contributed by atoms with van der Waals surface area (Å²) in [5.74, 6) is 0.288. The maximum absolute atomic E-state index is 12.8. The molecule has 3 rings (SSSR count). The average Bonchev–Trinajstić information content (AvgIpc) is 2.68. The number of hydrogen-bond acceptors (Lipinski definition) is 3. The molecule has 0 fully saturated rings. The van der Waals surface area contributed by atoms with E-state index in [9.17, 15) is 9.59 Å². The topological polar surface area (TPSA) is 64.0 Å². The number of nitrogens with one attached hydrogen (secondary N) is 1. The van der Waals surface area contributed by atoms with Crippen molar-refractivity contribution in [2.75, 3.05) is 6.54 Å². The number of amides is 1. The Morgan fingerprint density at radius 2 is 1.89 bits per heavy atom. The normalized spacial score (nSPS) is 10.8. The lowest BCUT2D eigenvalue weighted by molar-refractivity contribution is 0.0949. The van der Waals surface area contributed by atoms with Crippen LogP contribution < -0.4 is 10.9 Å². The van der Waals surface area contributed by atoms with Crippen molar-refractivity contribution in [2.24, 2.45) is 5.92 Å². The van der Waals surface area contributed by atoms with Crippen LogP contribution in [0.15, 0.2) is 71.9 Å². The van der Waals surface area contributed by atoms with E-state index in [4.69, 9.17) is 0 Å². The summed E-state index contributed by atoms with van der Waals surface area (Å²) in [5, 5.41) is 2.91. The minimum atomic E-state index is -0.106. The van der Waals surface area contributed by atoms with Crippen LogP contribution in [0.3, 0.4) is 0 Å². The monoisotopic (exact) mass is 361 g/mol. The van der Waals surface area contributed by atoms with Gasteiger partial charge in [-0.1, -0.05) is 56.3 Å². The smallest absolute Gasteiger partial charge is 0.261 e. The number of carbonyl (C=O) groups is 1. The summed E-state index contributed by atoms with van der Waals surface area (Å²) in [5.41, 5.74) is 2.76. The van der Waals surface area contributed by atoms with E-state index in [0.29, 0.717) is 30.1 Å². The Morgan fingerprint density at radius 1 is 1.11 bits per heavy atom. The zero-order valence-electron chi connectivity index (χ0n) is 15.6. The Hall–Kier alpha value is -3.21. The molecule has 0 aliphatic rings. The fraction of sp³-hybridized carbons (Fsp3) is 0.227. The molecule has 0 bridgehead atoms. The van der Waals surface area contributed by atoms with Crippen molar-refractivity contribution >= 4 is 5.91 Å². The van der Waals surface area contributed by atoms with E-state index in [1.807, 2.05) is 48.5 Å². The quantitative estimate of drug-likeness (QED) is 0.732. The maximum atomic E-state index is 12.8. The molecule has 3 aromatic rings. The van der Waals surface area contributed by atoms with Crippen molar-refractivity contribution < 1.29 is 4.79 Å². The summed E-state index contributed by atoms with van der Waals surface area (Å²) in [6, 6.07) is 16.8. The Bertz CT molecular complexity index is 978. The van der Waals surface area contributed by atoms with E-state index in [0.717, 1.165) is 11.1 Å². The third-order valence-electron chi connectivity index (χ3n) is 4.20. The zero-order chi connectivity index (χ0) is 19.2. The lowest BCUT2D eigenvalue weighted by Crippen LogP contribution is -2.27. The highest BCUT2D eigenvalue weighted by atomic mass is 16.1. The van der Waals surface area contributed by atoms with Crippen LogP contribution in [0.2, 0.25) is 0 Å². The molecule has 1 aromatic heterocycles. The molecule has 0 radical (unpaired) electrons. The molecule has 0 aliphatic carbocycles. The zero-order valence-corrected chi connectivity index (χ0v) is 15.6. The Kier molecular flexibility index (Phi) is 5.81. The number of hydrogen-bond donors (Lipinski definition) is 1. The summed E-state index contributed by atoms with van der Waals surface area (Å²) in [6.45, 7) is 5.09. The van der Waals surface area contributed by atoms with Gasteiger partial charge < -0.3 is 5.32 Å². The van der Waals surface area contributed by atoms with Crippen LogP contribution in [-0.2, 0) is 6.54 Å². The molecule has 27 heavy (non-hydrogen) atoms. The van der Waals surface area contributed by atoms with E-state index in [2.05, 4.69) is 24.1 Å². The molecule has 0 saturated carbocycles. The van der Waals surface area contributed by atoms with Crippen LogP contribution in [0.25, 0.3) is 11.1 Å². The Balaban J connectivity index is 1.83. The highest BCUT2D eigenvalue weighted by molar-refractivity contribution is 5.94. The van der Waals surface area contributed by atoms with Crippen LogP contribution in [0.5, 0.6) is 0 Å².